The highest BCUT2D eigenvalue weighted by Gasteiger charge is 2.21. The average molecular weight is 295 g/mol. The number of hydrogen-bond acceptors (Lipinski definition) is 4. The molecule has 21 heavy (non-hydrogen) atoms. The lowest BCUT2D eigenvalue weighted by Crippen LogP contribution is -2.41. The van der Waals surface area contributed by atoms with Gasteiger partial charge in [0.25, 0.3) is 11.5 Å². The van der Waals surface area contributed by atoms with E-state index < -0.39 is 23.5 Å². The Bertz CT molecular complexity index is 607. The Balaban J connectivity index is 3.08. The van der Waals surface area contributed by atoms with Gasteiger partial charge in [-0.15, -0.1) is 0 Å². The van der Waals surface area contributed by atoms with Crippen LogP contribution in [0.4, 0.5) is 0 Å². The smallest absolute Gasteiger partial charge is 0.305 e. The van der Waals surface area contributed by atoms with Gasteiger partial charge in [-0.3, -0.25) is 14.4 Å². The van der Waals surface area contributed by atoms with Crippen molar-refractivity contribution in [2.24, 2.45) is 7.05 Å². The van der Waals surface area contributed by atoms with Gasteiger partial charge in [-0.1, -0.05) is 13.3 Å². The first kappa shape index (κ1) is 16.9. The van der Waals surface area contributed by atoms with Crippen molar-refractivity contribution in [1.29, 1.82) is 0 Å². The summed E-state index contributed by atoms with van der Waals surface area (Å²) in [5.41, 5.74) is 0.645. The summed E-state index contributed by atoms with van der Waals surface area (Å²) in [6.45, 7) is 5.28. The fraction of sp³-hybridized carbons (Fsp3) is 0.571. The molecule has 1 rings (SSSR count). The minimum Gasteiger partial charge on any atom is -0.481 e. The Morgan fingerprint density at radius 2 is 2.00 bits per heavy atom. The second-order valence-electron chi connectivity index (χ2n) is 5.07. The summed E-state index contributed by atoms with van der Waals surface area (Å²) in [6.07, 6.45) is 1.12. The molecule has 0 radical (unpaired) electrons. The number of carbonyl (C=O) groups excluding carboxylic acids is 1. The number of carboxylic acids is 1. The van der Waals surface area contributed by atoms with Crippen LogP contribution in [0.25, 0.3) is 0 Å². The summed E-state index contributed by atoms with van der Waals surface area (Å²) < 4.78 is 1.11. The first-order chi connectivity index (χ1) is 9.77. The third-order valence-electron chi connectivity index (χ3n) is 3.35. The van der Waals surface area contributed by atoms with Crippen molar-refractivity contribution >= 4 is 11.9 Å². The third-order valence-corrected chi connectivity index (χ3v) is 3.35. The van der Waals surface area contributed by atoms with E-state index in [2.05, 4.69) is 10.4 Å². The van der Waals surface area contributed by atoms with Gasteiger partial charge < -0.3 is 10.4 Å². The topological polar surface area (TPSA) is 101 Å². The largest absolute Gasteiger partial charge is 0.481 e. The van der Waals surface area contributed by atoms with E-state index in [4.69, 9.17) is 5.11 Å². The Morgan fingerprint density at radius 3 is 2.52 bits per heavy atom. The highest BCUT2D eigenvalue weighted by molar-refractivity contribution is 5.95. The summed E-state index contributed by atoms with van der Waals surface area (Å²) >= 11 is 0. The molecule has 7 nitrogen and oxygen atoms in total. The first-order valence-electron chi connectivity index (χ1n) is 6.85. The molecule has 0 bridgehead atoms. The van der Waals surface area contributed by atoms with Gasteiger partial charge in [0.2, 0.25) is 0 Å². The number of aromatic nitrogens is 2. The number of amides is 1. The second kappa shape index (κ2) is 7.01. The molecule has 1 aromatic rings. The van der Waals surface area contributed by atoms with Crippen LogP contribution in [0.15, 0.2) is 4.79 Å². The normalized spacial score (nSPS) is 12.0. The number of carboxylic acid groups (broad SMARTS) is 1. The number of aliphatic carboxylic acids is 1. The molecule has 1 heterocycles. The van der Waals surface area contributed by atoms with Crippen molar-refractivity contribution in [3.05, 3.63) is 27.2 Å². The summed E-state index contributed by atoms with van der Waals surface area (Å²) in [5.74, 6) is -1.53. The SMILES string of the molecule is CCCC(CC(=O)O)NC(=O)c1c(C)c(C)nn(C)c1=O. The maximum Gasteiger partial charge on any atom is 0.305 e. The zero-order valence-corrected chi connectivity index (χ0v) is 12.8. The maximum absolute atomic E-state index is 12.3. The minimum atomic E-state index is -0.982. The Morgan fingerprint density at radius 1 is 1.38 bits per heavy atom. The molecule has 1 unspecified atom stereocenters. The molecular weight excluding hydrogens is 274 g/mol. The Labute approximate surface area is 123 Å². The van der Waals surface area contributed by atoms with Gasteiger partial charge >= 0.3 is 5.97 Å². The van der Waals surface area contributed by atoms with Crippen molar-refractivity contribution in [3.8, 4) is 0 Å². The summed E-state index contributed by atoms with van der Waals surface area (Å²) in [7, 11) is 1.48. The molecule has 2 N–H and O–H groups in total. The molecule has 0 spiro atoms. The van der Waals surface area contributed by atoms with E-state index in [1.807, 2.05) is 6.92 Å². The van der Waals surface area contributed by atoms with Crippen LogP contribution in [0.5, 0.6) is 0 Å². The molecule has 7 heteroatoms. The number of carbonyl (C=O) groups is 2. The fourth-order valence-corrected chi connectivity index (χ4v) is 2.16. The van der Waals surface area contributed by atoms with Gasteiger partial charge in [-0.25, -0.2) is 4.68 Å². The number of nitrogens with zero attached hydrogens (tertiary/aromatic N) is 2. The summed E-state index contributed by atoms with van der Waals surface area (Å²) in [4.78, 5) is 35.2. The van der Waals surface area contributed by atoms with Gasteiger partial charge in [-0.2, -0.15) is 5.10 Å². The standard InChI is InChI=1S/C14H21N3O4/c1-5-6-10(7-11(18)19)15-13(20)12-8(2)9(3)16-17(4)14(12)21/h10H,5-7H2,1-4H3,(H,15,20)(H,18,19). The predicted octanol–water partition coefficient (Wildman–Crippen LogP) is 0.770. The first-order valence-corrected chi connectivity index (χ1v) is 6.85. The van der Waals surface area contributed by atoms with Crippen molar-refractivity contribution in [2.75, 3.05) is 0 Å². The molecule has 0 aliphatic carbocycles. The van der Waals surface area contributed by atoms with E-state index in [-0.39, 0.29) is 12.0 Å². The van der Waals surface area contributed by atoms with Crippen LogP contribution in [0.3, 0.4) is 0 Å². The van der Waals surface area contributed by atoms with Crippen LogP contribution in [0.2, 0.25) is 0 Å². The van der Waals surface area contributed by atoms with Gasteiger partial charge in [-0.05, 0) is 25.8 Å². The molecular formula is C14H21N3O4. The van der Waals surface area contributed by atoms with Crippen molar-refractivity contribution in [2.45, 2.75) is 46.1 Å². The molecule has 1 aromatic heterocycles. The zero-order valence-electron chi connectivity index (χ0n) is 12.8. The van der Waals surface area contributed by atoms with Gasteiger partial charge in [0.1, 0.15) is 5.56 Å². The molecule has 0 fully saturated rings. The van der Waals surface area contributed by atoms with E-state index in [0.717, 1.165) is 11.1 Å². The van der Waals surface area contributed by atoms with Gasteiger partial charge in [0.05, 0.1) is 12.1 Å². The number of aryl methyl sites for hydroxylation is 2. The number of hydrogen-bond donors (Lipinski definition) is 2. The van der Waals surface area contributed by atoms with E-state index >= 15 is 0 Å². The summed E-state index contributed by atoms with van der Waals surface area (Å²) in [5, 5.41) is 15.5. The van der Waals surface area contributed by atoms with Crippen LogP contribution in [0.1, 0.15) is 47.8 Å². The van der Waals surface area contributed by atoms with Gasteiger partial charge in [0.15, 0.2) is 0 Å². The minimum absolute atomic E-state index is 0.0245. The van der Waals surface area contributed by atoms with Crippen molar-refractivity contribution < 1.29 is 14.7 Å². The second-order valence-corrected chi connectivity index (χ2v) is 5.07. The highest BCUT2D eigenvalue weighted by Crippen LogP contribution is 2.08. The molecule has 0 saturated heterocycles. The Kier molecular flexibility index (Phi) is 5.63. The lowest BCUT2D eigenvalue weighted by molar-refractivity contribution is -0.137. The summed E-state index contributed by atoms with van der Waals surface area (Å²) in [6, 6.07) is -0.488. The van der Waals surface area contributed by atoms with Crippen LogP contribution < -0.4 is 10.9 Å². The molecule has 0 saturated carbocycles. The number of rotatable bonds is 6. The third kappa shape index (κ3) is 4.14. The van der Waals surface area contributed by atoms with Crippen molar-refractivity contribution in [3.63, 3.8) is 0 Å². The van der Waals surface area contributed by atoms with Crippen LogP contribution >= 0.6 is 0 Å². The van der Waals surface area contributed by atoms with Crippen LogP contribution in [0, 0.1) is 13.8 Å². The van der Waals surface area contributed by atoms with E-state index in [1.54, 1.807) is 13.8 Å². The van der Waals surface area contributed by atoms with E-state index in [1.165, 1.54) is 7.05 Å². The quantitative estimate of drug-likeness (QED) is 0.807. The molecule has 0 aromatic carbocycles. The molecule has 0 aliphatic heterocycles. The lowest BCUT2D eigenvalue weighted by Gasteiger charge is -2.17. The fourth-order valence-electron chi connectivity index (χ4n) is 2.16. The predicted molar refractivity (Wildman–Crippen MR) is 77.4 cm³/mol. The molecule has 0 aliphatic rings. The average Bonchev–Trinajstić information content (AvgIpc) is 2.36. The van der Waals surface area contributed by atoms with Crippen LogP contribution in [-0.4, -0.2) is 32.8 Å². The van der Waals surface area contributed by atoms with E-state index in [9.17, 15) is 14.4 Å². The zero-order chi connectivity index (χ0) is 16.2. The maximum atomic E-state index is 12.3. The Hall–Kier alpha value is -2.18. The lowest BCUT2D eigenvalue weighted by atomic mass is 10.1. The van der Waals surface area contributed by atoms with E-state index in [0.29, 0.717) is 17.7 Å². The monoisotopic (exact) mass is 295 g/mol. The molecule has 116 valence electrons. The van der Waals surface area contributed by atoms with Crippen molar-refractivity contribution in [1.82, 2.24) is 15.1 Å². The highest BCUT2D eigenvalue weighted by atomic mass is 16.4. The van der Waals surface area contributed by atoms with Crippen LogP contribution in [-0.2, 0) is 11.8 Å². The van der Waals surface area contributed by atoms with Gasteiger partial charge in [0, 0.05) is 13.1 Å². The molecule has 1 atom stereocenters. The molecule has 1 amide bonds. The number of nitrogens with one attached hydrogen (secondary N) is 1.